The molecule has 0 unspecified atom stereocenters. The number of methoxy groups -OCH3 is 1. The minimum absolute atomic E-state index is 0.135. The first-order chi connectivity index (χ1) is 9.69. The largest absolute Gasteiger partial charge is 0.383 e. The van der Waals surface area contributed by atoms with Gasteiger partial charge in [-0.05, 0) is 23.8 Å². The van der Waals surface area contributed by atoms with E-state index in [2.05, 4.69) is 10.4 Å². The number of rotatable bonds is 7. The molecule has 0 aliphatic heterocycles. The highest BCUT2D eigenvalue weighted by atomic mass is 35.5. The number of ether oxygens (including phenoxy) is 1. The second-order valence-corrected chi connectivity index (χ2v) is 4.83. The molecule has 6 heteroatoms. The van der Waals surface area contributed by atoms with E-state index >= 15 is 0 Å². The van der Waals surface area contributed by atoms with E-state index in [0.29, 0.717) is 19.7 Å². The fraction of sp³-hybridized carbons (Fsp3) is 0.357. The number of aromatic nitrogens is 2. The van der Waals surface area contributed by atoms with Crippen molar-refractivity contribution in [1.82, 2.24) is 15.1 Å². The second-order valence-electron chi connectivity index (χ2n) is 4.42. The zero-order valence-electron chi connectivity index (χ0n) is 11.3. The van der Waals surface area contributed by atoms with Crippen LogP contribution in [0.4, 0.5) is 4.39 Å². The smallest absolute Gasteiger partial charge is 0.141 e. The van der Waals surface area contributed by atoms with Gasteiger partial charge in [-0.2, -0.15) is 5.10 Å². The number of nitrogens with one attached hydrogen (secondary N) is 1. The molecule has 0 aliphatic carbocycles. The lowest BCUT2D eigenvalue weighted by atomic mass is 10.2. The van der Waals surface area contributed by atoms with E-state index < -0.39 is 5.82 Å². The predicted molar refractivity (Wildman–Crippen MR) is 76.3 cm³/mol. The van der Waals surface area contributed by atoms with Crippen LogP contribution in [0.1, 0.15) is 11.3 Å². The number of benzene rings is 1. The zero-order valence-corrected chi connectivity index (χ0v) is 12.0. The van der Waals surface area contributed by atoms with Crippen molar-refractivity contribution in [3.05, 3.63) is 52.6 Å². The molecule has 0 bridgehead atoms. The van der Waals surface area contributed by atoms with Crippen molar-refractivity contribution < 1.29 is 9.13 Å². The first kappa shape index (κ1) is 15.0. The molecule has 1 N–H and O–H groups in total. The number of hydrogen-bond donors (Lipinski definition) is 1. The van der Waals surface area contributed by atoms with Crippen molar-refractivity contribution in [1.29, 1.82) is 0 Å². The molecule has 0 amide bonds. The van der Waals surface area contributed by atoms with Gasteiger partial charge in [-0.25, -0.2) is 4.39 Å². The van der Waals surface area contributed by atoms with Gasteiger partial charge in [-0.15, -0.1) is 0 Å². The average molecular weight is 298 g/mol. The Morgan fingerprint density at radius 1 is 1.40 bits per heavy atom. The van der Waals surface area contributed by atoms with Crippen LogP contribution in [0.2, 0.25) is 5.02 Å². The molecule has 108 valence electrons. The molecule has 1 heterocycles. The van der Waals surface area contributed by atoms with Gasteiger partial charge in [0.25, 0.3) is 0 Å². The highest BCUT2D eigenvalue weighted by Crippen LogP contribution is 2.16. The summed E-state index contributed by atoms with van der Waals surface area (Å²) in [5, 5.41) is 7.79. The first-order valence-corrected chi connectivity index (χ1v) is 6.73. The number of hydrogen-bond acceptors (Lipinski definition) is 3. The van der Waals surface area contributed by atoms with Gasteiger partial charge in [-0.3, -0.25) is 4.68 Å². The molecular weight excluding hydrogens is 281 g/mol. The molecule has 1 aromatic carbocycles. The summed E-state index contributed by atoms with van der Waals surface area (Å²) in [6, 6.07) is 6.65. The van der Waals surface area contributed by atoms with E-state index in [9.17, 15) is 4.39 Å². The summed E-state index contributed by atoms with van der Waals surface area (Å²) in [6.07, 6.45) is 1.89. The standard InChI is InChI=1S/C14H17ClFN3O/c1-20-7-5-17-9-12-4-6-19(18-12)10-11-2-3-14(16)13(15)8-11/h2-4,6,8,17H,5,7,9-10H2,1H3. The van der Waals surface area contributed by atoms with Crippen molar-refractivity contribution in [2.75, 3.05) is 20.3 Å². The molecule has 0 saturated carbocycles. The Morgan fingerprint density at radius 2 is 2.25 bits per heavy atom. The van der Waals surface area contributed by atoms with Crippen molar-refractivity contribution in [2.45, 2.75) is 13.1 Å². The van der Waals surface area contributed by atoms with Crippen LogP contribution in [-0.4, -0.2) is 30.0 Å². The van der Waals surface area contributed by atoms with Gasteiger partial charge in [0.05, 0.1) is 23.9 Å². The molecule has 4 nitrogen and oxygen atoms in total. The minimum atomic E-state index is -0.404. The normalized spacial score (nSPS) is 10.9. The molecule has 0 saturated heterocycles. The fourth-order valence-electron chi connectivity index (χ4n) is 1.80. The molecule has 0 spiro atoms. The summed E-state index contributed by atoms with van der Waals surface area (Å²) in [4.78, 5) is 0. The van der Waals surface area contributed by atoms with Crippen LogP contribution in [-0.2, 0) is 17.8 Å². The summed E-state index contributed by atoms with van der Waals surface area (Å²) < 4.78 is 19.8. The summed E-state index contributed by atoms with van der Waals surface area (Å²) in [5.74, 6) is -0.404. The molecule has 0 radical (unpaired) electrons. The number of halogens is 2. The van der Waals surface area contributed by atoms with Crippen LogP contribution in [0.5, 0.6) is 0 Å². The molecule has 0 aliphatic rings. The highest BCUT2D eigenvalue weighted by molar-refractivity contribution is 6.30. The van der Waals surface area contributed by atoms with Gasteiger partial charge in [-0.1, -0.05) is 17.7 Å². The van der Waals surface area contributed by atoms with Crippen molar-refractivity contribution in [3.63, 3.8) is 0 Å². The van der Waals surface area contributed by atoms with E-state index in [1.165, 1.54) is 6.07 Å². The van der Waals surface area contributed by atoms with E-state index in [-0.39, 0.29) is 5.02 Å². The fourth-order valence-corrected chi connectivity index (χ4v) is 2.00. The molecule has 0 fully saturated rings. The van der Waals surface area contributed by atoms with Gasteiger partial charge in [0.1, 0.15) is 5.82 Å². The Bertz CT molecular complexity index is 559. The van der Waals surface area contributed by atoms with E-state index in [1.807, 2.05) is 12.3 Å². The van der Waals surface area contributed by atoms with E-state index in [1.54, 1.807) is 23.9 Å². The van der Waals surface area contributed by atoms with E-state index in [4.69, 9.17) is 16.3 Å². The van der Waals surface area contributed by atoms with Crippen molar-refractivity contribution in [3.8, 4) is 0 Å². The predicted octanol–water partition coefficient (Wildman–Crippen LogP) is 2.46. The summed E-state index contributed by atoms with van der Waals surface area (Å²) >= 11 is 5.76. The first-order valence-electron chi connectivity index (χ1n) is 6.35. The van der Waals surface area contributed by atoms with Gasteiger partial charge >= 0.3 is 0 Å². The van der Waals surface area contributed by atoms with Gasteiger partial charge in [0, 0.05) is 26.4 Å². The lowest BCUT2D eigenvalue weighted by molar-refractivity contribution is 0.199. The zero-order chi connectivity index (χ0) is 14.4. The van der Waals surface area contributed by atoms with Crippen LogP contribution < -0.4 is 5.32 Å². The molecule has 1 aromatic heterocycles. The van der Waals surface area contributed by atoms with Crippen LogP contribution in [0, 0.1) is 5.82 Å². The molecule has 2 rings (SSSR count). The minimum Gasteiger partial charge on any atom is -0.383 e. The monoisotopic (exact) mass is 297 g/mol. The topological polar surface area (TPSA) is 39.1 Å². The third-order valence-electron chi connectivity index (χ3n) is 2.81. The number of nitrogens with zero attached hydrogens (tertiary/aromatic N) is 2. The average Bonchev–Trinajstić information content (AvgIpc) is 2.87. The van der Waals surface area contributed by atoms with Crippen LogP contribution in [0.25, 0.3) is 0 Å². The lowest BCUT2D eigenvalue weighted by Gasteiger charge is -2.04. The van der Waals surface area contributed by atoms with Gasteiger partial charge in [0.2, 0.25) is 0 Å². The maximum Gasteiger partial charge on any atom is 0.141 e. The van der Waals surface area contributed by atoms with Crippen LogP contribution in [0.15, 0.2) is 30.5 Å². The lowest BCUT2D eigenvalue weighted by Crippen LogP contribution is -2.19. The molecule has 2 aromatic rings. The third kappa shape index (κ3) is 4.30. The third-order valence-corrected chi connectivity index (χ3v) is 3.10. The summed E-state index contributed by atoms with van der Waals surface area (Å²) in [6.45, 7) is 2.73. The maximum absolute atomic E-state index is 13.1. The molecular formula is C14H17ClFN3O. The Morgan fingerprint density at radius 3 is 3.00 bits per heavy atom. The summed E-state index contributed by atoms with van der Waals surface area (Å²) in [7, 11) is 1.67. The van der Waals surface area contributed by atoms with E-state index in [0.717, 1.165) is 17.8 Å². The van der Waals surface area contributed by atoms with Gasteiger partial charge < -0.3 is 10.1 Å². The Labute approximate surface area is 122 Å². The molecule has 20 heavy (non-hydrogen) atoms. The van der Waals surface area contributed by atoms with Crippen molar-refractivity contribution >= 4 is 11.6 Å². The van der Waals surface area contributed by atoms with Crippen molar-refractivity contribution in [2.24, 2.45) is 0 Å². The molecule has 0 atom stereocenters. The van der Waals surface area contributed by atoms with Crippen LogP contribution in [0.3, 0.4) is 0 Å². The highest BCUT2D eigenvalue weighted by Gasteiger charge is 2.03. The second kappa shape index (κ2) is 7.38. The Kier molecular flexibility index (Phi) is 5.52. The maximum atomic E-state index is 13.1. The Balaban J connectivity index is 1.90. The quantitative estimate of drug-likeness (QED) is 0.798. The van der Waals surface area contributed by atoms with Gasteiger partial charge in [0.15, 0.2) is 0 Å². The van der Waals surface area contributed by atoms with Crippen LogP contribution >= 0.6 is 11.6 Å². The Hall–Kier alpha value is -1.43. The SMILES string of the molecule is COCCNCc1ccn(Cc2ccc(F)c(Cl)c2)n1. The summed E-state index contributed by atoms with van der Waals surface area (Å²) in [5.41, 5.74) is 1.87.